The SMILES string of the molecule is CC1(C)[C@H]2CC[C@]1(CN(CCC#N)C(=O)CO)c1nnc(-c3c(F)cccc3F)cc12. The summed E-state index contributed by atoms with van der Waals surface area (Å²) in [5, 5.41) is 27.0. The molecule has 2 aromatic rings. The number of rotatable bonds is 6. The van der Waals surface area contributed by atoms with Crippen molar-refractivity contribution in [3.63, 3.8) is 0 Å². The van der Waals surface area contributed by atoms with Crippen molar-refractivity contribution in [1.29, 1.82) is 5.26 Å². The Bertz CT molecular complexity index is 1060. The second-order valence-corrected chi connectivity index (χ2v) is 8.91. The maximum absolute atomic E-state index is 14.3. The van der Waals surface area contributed by atoms with E-state index in [0.717, 1.165) is 24.1 Å². The van der Waals surface area contributed by atoms with Gasteiger partial charge in [-0.25, -0.2) is 8.78 Å². The number of nitrogens with zero attached hydrogens (tertiary/aromatic N) is 4. The molecule has 0 radical (unpaired) electrons. The van der Waals surface area contributed by atoms with Crippen LogP contribution in [0.4, 0.5) is 8.78 Å². The van der Waals surface area contributed by atoms with E-state index in [2.05, 4.69) is 24.0 Å². The molecule has 2 atom stereocenters. The maximum atomic E-state index is 14.3. The predicted octanol–water partition coefficient (Wildman–Crippen LogP) is 3.31. The van der Waals surface area contributed by atoms with Gasteiger partial charge in [0.2, 0.25) is 5.91 Å². The molecule has 1 saturated carbocycles. The molecule has 8 heteroatoms. The first-order chi connectivity index (χ1) is 14.8. The Morgan fingerprint density at radius 1 is 1.32 bits per heavy atom. The van der Waals surface area contributed by atoms with Gasteiger partial charge in [0.15, 0.2) is 0 Å². The molecule has 1 aromatic carbocycles. The molecule has 4 rings (SSSR count). The van der Waals surface area contributed by atoms with Gasteiger partial charge in [0.1, 0.15) is 18.2 Å². The zero-order valence-corrected chi connectivity index (χ0v) is 17.5. The van der Waals surface area contributed by atoms with Crippen LogP contribution in [0.15, 0.2) is 24.3 Å². The Labute approximate surface area is 179 Å². The van der Waals surface area contributed by atoms with Gasteiger partial charge in [-0.05, 0) is 47.9 Å². The lowest BCUT2D eigenvalue weighted by Crippen LogP contribution is -2.49. The van der Waals surface area contributed by atoms with Crippen molar-refractivity contribution in [2.45, 2.75) is 44.4 Å². The lowest BCUT2D eigenvalue weighted by molar-refractivity contribution is -0.135. The molecule has 0 unspecified atom stereocenters. The summed E-state index contributed by atoms with van der Waals surface area (Å²) in [7, 11) is 0. The molecule has 1 N–H and O–H groups in total. The number of aromatic nitrogens is 2. The van der Waals surface area contributed by atoms with E-state index >= 15 is 0 Å². The number of nitriles is 1. The number of fused-ring (bicyclic) bond motifs is 5. The standard InChI is InChI=1S/C23H24F2N4O2/c1-22(2)15-7-8-23(22,13-29(10-4-9-26)19(31)12-30)21-14(15)11-18(27-28-21)20-16(24)5-3-6-17(20)25/h3,5-6,11,15,30H,4,7-8,10,12-13H2,1-2H3/t15-,23-/m0/s1. The first-order valence-corrected chi connectivity index (χ1v) is 10.3. The van der Waals surface area contributed by atoms with Crippen molar-refractivity contribution in [2.75, 3.05) is 19.7 Å². The molecule has 6 nitrogen and oxygen atoms in total. The minimum Gasteiger partial charge on any atom is -0.387 e. The van der Waals surface area contributed by atoms with Crippen LogP contribution >= 0.6 is 0 Å². The third kappa shape index (κ3) is 3.10. The zero-order valence-electron chi connectivity index (χ0n) is 17.5. The van der Waals surface area contributed by atoms with E-state index in [1.807, 2.05) is 6.07 Å². The Kier molecular flexibility index (Phi) is 5.26. The summed E-state index contributed by atoms with van der Waals surface area (Å²) < 4.78 is 28.6. The third-order valence-corrected chi connectivity index (χ3v) is 7.28. The van der Waals surface area contributed by atoms with Crippen LogP contribution in [0.3, 0.4) is 0 Å². The monoisotopic (exact) mass is 426 g/mol. The fourth-order valence-electron chi connectivity index (χ4n) is 5.54. The number of hydrogen-bond acceptors (Lipinski definition) is 5. The van der Waals surface area contributed by atoms with Gasteiger partial charge in [0, 0.05) is 18.5 Å². The number of carbonyl (C=O) groups excluding carboxylic acids is 1. The normalized spacial score (nSPS) is 22.8. The quantitative estimate of drug-likeness (QED) is 0.765. The molecule has 2 aliphatic carbocycles. The number of hydrogen-bond donors (Lipinski definition) is 1. The topological polar surface area (TPSA) is 90.1 Å². The number of halogens is 2. The second kappa shape index (κ2) is 7.65. The predicted molar refractivity (Wildman–Crippen MR) is 109 cm³/mol. The van der Waals surface area contributed by atoms with Crippen LogP contribution in [-0.2, 0) is 10.2 Å². The highest BCUT2D eigenvalue weighted by Crippen LogP contribution is 2.67. The number of carbonyl (C=O) groups is 1. The number of aliphatic hydroxyl groups is 1. The number of benzene rings is 1. The molecule has 0 saturated heterocycles. The van der Waals surface area contributed by atoms with E-state index in [0.29, 0.717) is 6.54 Å². The van der Waals surface area contributed by atoms with Gasteiger partial charge in [0.05, 0.1) is 29.4 Å². The van der Waals surface area contributed by atoms with E-state index in [1.165, 1.54) is 23.1 Å². The Hall–Kier alpha value is -2.92. The fourth-order valence-corrected chi connectivity index (χ4v) is 5.54. The average molecular weight is 426 g/mol. The molecule has 2 aliphatic rings. The Morgan fingerprint density at radius 2 is 2.03 bits per heavy atom. The molecule has 31 heavy (non-hydrogen) atoms. The van der Waals surface area contributed by atoms with Crippen molar-refractivity contribution in [3.8, 4) is 17.3 Å². The van der Waals surface area contributed by atoms with E-state index in [9.17, 15) is 18.7 Å². The van der Waals surface area contributed by atoms with E-state index < -0.39 is 29.6 Å². The summed E-state index contributed by atoms with van der Waals surface area (Å²) in [6, 6.07) is 7.47. The molecule has 1 aromatic heterocycles. The van der Waals surface area contributed by atoms with Crippen molar-refractivity contribution in [2.24, 2.45) is 5.41 Å². The van der Waals surface area contributed by atoms with Crippen LogP contribution in [0.1, 0.15) is 50.3 Å². The first-order valence-electron chi connectivity index (χ1n) is 10.3. The summed E-state index contributed by atoms with van der Waals surface area (Å²) in [6.07, 6.45) is 1.79. The van der Waals surface area contributed by atoms with Crippen LogP contribution in [-0.4, -0.2) is 45.8 Å². The Morgan fingerprint density at radius 3 is 2.68 bits per heavy atom. The van der Waals surface area contributed by atoms with Crippen LogP contribution in [0.2, 0.25) is 0 Å². The highest BCUT2D eigenvalue weighted by molar-refractivity contribution is 5.77. The van der Waals surface area contributed by atoms with Gasteiger partial charge in [-0.1, -0.05) is 19.9 Å². The summed E-state index contributed by atoms with van der Waals surface area (Å²) in [5.41, 5.74) is 0.811. The molecule has 1 amide bonds. The minimum absolute atomic E-state index is 0.105. The highest BCUT2D eigenvalue weighted by Gasteiger charge is 2.64. The molecular weight excluding hydrogens is 402 g/mol. The molecule has 1 heterocycles. The summed E-state index contributed by atoms with van der Waals surface area (Å²) in [4.78, 5) is 13.9. The number of aliphatic hydroxyl groups excluding tert-OH is 1. The molecular formula is C23H24F2N4O2. The van der Waals surface area contributed by atoms with Crippen LogP contribution in [0.25, 0.3) is 11.3 Å². The van der Waals surface area contributed by atoms with Crippen molar-refractivity contribution in [3.05, 3.63) is 47.2 Å². The van der Waals surface area contributed by atoms with E-state index in [1.54, 1.807) is 6.07 Å². The third-order valence-electron chi connectivity index (χ3n) is 7.28. The second-order valence-electron chi connectivity index (χ2n) is 8.91. The van der Waals surface area contributed by atoms with Crippen molar-refractivity contribution >= 4 is 5.91 Å². The largest absolute Gasteiger partial charge is 0.387 e. The fraction of sp³-hybridized carbons (Fsp3) is 0.478. The van der Waals surface area contributed by atoms with Crippen LogP contribution < -0.4 is 0 Å². The highest BCUT2D eigenvalue weighted by atomic mass is 19.1. The van der Waals surface area contributed by atoms with Crippen molar-refractivity contribution in [1.82, 2.24) is 15.1 Å². The zero-order chi connectivity index (χ0) is 22.4. The molecule has 0 aliphatic heterocycles. The molecule has 2 bridgehead atoms. The average Bonchev–Trinajstić information content (AvgIpc) is 3.10. The summed E-state index contributed by atoms with van der Waals surface area (Å²) in [6.45, 7) is 4.13. The van der Waals surface area contributed by atoms with Gasteiger partial charge in [-0.2, -0.15) is 15.5 Å². The maximum Gasteiger partial charge on any atom is 0.248 e. The van der Waals surface area contributed by atoms with Gasteiger partial charge in [-0.15, -0.1) is 0 Å². The molecule has 162 valence electrons. The lowest BCUT2D eigenvalue weighted by Gasteiger charge is -2.41. The molecule has 0 spiro atoms. The Balaban J connectivity index is 1.79. The van der Waals surface area contributed by atoms with Crippen LogP contribution in [0.5, 0.6) is 0 Å². The van der Waals surface area contributed by atoms with Gasteiger partial charge in [-0.3, -0.25) is 4.79 Å². The van der Waals surface area contributed by atoms with Gasteiger partial charge >= 0.3 is 0 Å². The van der Waals surface area contributed by atoms with Gasteiger partial charge in [0.25, 0.3) is 0 Å². The molecule has 1 fully saturated rings. The van der Waals surface area contributed by atoms with Crippen LogP contribution in [0, 0.1) is 28.4 Å². The lowest BCUT2D eigenvalue weighted by atomic mass is 9.68. The van der Waals surface area contributed by atoms with Crippen molar-refractivity contribution < 1.29 is 18.7 Å². The van der Waals surface area contributed by atoms with E-state index in [-0.39, 0.29) is 35.6 Å². The summed E-state index contributed by atoms with van der Waals surface area (Å²) in [5.74, 6) is -1.71. The number of amides is 1. The smallest absolute Gasteiger partial charge is 0.248 e. The minimum atomic E-state index is -0.692. The summed E-state index contributed by atoms with van der Waals surface area (Å²) >= 11 is 0. The van der Waals surface area contributed by atoms with E-state index in [4.69, 9.17) is 5.26 Å². The first kappa shape index (κ1) is 21.3. The van der Waals surface area contributed by atoms with Gasteiger partial charge < -0.3 is 10.0 Å².